The largest absolute Gasteiger partial charge is 0.488 e. The molecule has 28 heavy (non-hydrogen) atoms. The second kappa shape index (κ2) is 8.93. The van der Waals surface area contributed by atoms with Gasteiger partial charge in [-0.15, -0.1) is 0 Å². The number of fused-ring (bicyclic) bond motifs is 1. The standard InChI is InChI=1S/C22H23ClN2O3/c1-3-10-25(13-21(26)24-19-7-5-4-6-15(19)2)22(27)17-11-16-12-18(23)8-9-20(16)28-14-17/h4-9,11-12H,3,10,13-14H2,1-2H3,(H,24,26). The van der Waals surface area contributed by atoms with E-state index in [0.717, 1.165) is 23.2 Å². The minimum absolute atomic E-state index is 0.0131. The van der Waals surface area contributed by atoms with E-state index in [2.05, 4.69) is 5.32 Å². The van der Waals surface area contributed by atoms with Gasteiger partial charge in [0.25, 0.3) is 5.91 Å². The SMILES string of the molecule is CCCN(CC(=O)Nc1ccccc1C)C(=O)C1=Cc2cc(Cl)ccc2OC1. The summed E-state index contributed by atoms with van der Waals surface area (Å²) in [7, 11) is 0. The second-order valence-electron chi connectivity index (χ2n) is 6.73. The Kier molecular flexibility index (Phi) is 6.37. The van der Waals surface area contributed by atoms with Crippen molar-refractivity contribution in [1.29, 1.82) is 0 Å². The summed E-state index contributed by atoms with van der Waals surface area (Å²) in [6.45, 7) is 4.55. The minimum atomic E-state index is -0.225. The van der Waals surface area contributed by atoms with Crippen molar-refractivity contribution in [2.24, 2.45) is 0 Å². The van der Waals surface area contributed by atoms with Gasteiger partial charge in [-0.05, 0) is 49.2 Å². The van der Waals surface area contributed by atoms with E-state index in [1.165, 1.54) is 0 Å². The molecule has 5 nitrogen and oxygen atoms in total. The van der Waals surface area contributed by atoms with Gasteiger partial charge in [-0.2, -0.15) is 0 Å². The maximum atomic E-state index is 13.0. The summed E-state index contributed by atoms with van der Waals surface area (Å²) in [6, 6.07) is 12.9. The van der Waals surface area contributed by atoms with Gasteiger partial charge >= 0.3 is 0 Å². The van der Waals surface area contributed by atoms with Gasteiger partial charge in [0.05, 0.1) is 5.57 Å². The molecule has 3 rings (SSSR count). The van der Waals surface area contributed by atoms with Crippen molar-refractivity contribution in [3.8, 4) is 5.75 Å². The lowest BCUT2D eigenvalue weighted by Gasteiger charge is -2.25. The average molecular weight is 399 g/mol. The third-order valence-corrected chi connectivity index (χ3v) is 4.73. The lowest BCUT2D eigenvalue weighted by atomic mass is 10.1. The Morgan fingerprint density at radius 3 is 2.75 bits per heavy atom. The summed E-state index contributed by atoms with van der Waals surface area (Å²) in [5, 5.41) is 3.46. The number of amides is 2. The Morgan fingerprint density at radius 2 is 2.00 bits per heavy atom. The highest BCUT2D eigenvalue weighted by atomic mass is 35.5. The molecule has 2 amide bonds. The molecular formula is C22H23ClN2O3. The number of aryl methyl sites for hydroxylation is 1. The van der Waals surface area contributed by atoms with Crippen LogP contribution in [-0.2, 0) is 9.59 Å². The molecular weight excluding hydrogens is 376 g/mol. The van der Waals surface area contributed by atoms with Gasteiger partial charge in [0.2, 0.25) is 5.91 Å². The molecule has 146 valence electrons. The zero-order valence-corrected chi connectivity index (χ0v) is 16.8. The normalized spacial score (nSPS) is 12.5. The molecule has 0 aromatic heterocycles. The Morgan fingerprint density at radius 1 is 1.21 bits per heavy atom. The van der Waals surface area contributed by atoms with Gasteiger partial charge in [-0.3, -0.25) is 9.59 Å². The van der Waals surface area contributed by atoms with E-state index < -0.39 is 0 Å². The molecule has 0 saturated heterocycles. The van der Waals surface area contributed by atoms with Gasteiger partial charge in [0, 0.05) is 22.8 Å². The highest BCUT2D eigenvalue weighted by Crippen LogP contribution is 2.29. The first-order valence-corrected chi connectivity index (χ1v) is 9.63. The van der Waals surface area contributed by atoms with Crippen LogP contribution < -0.4 is 10.1 Å². The first-order chi connectivity index (χ1) is 13.5. The summed E-state index contributed by atoms with van der Waals surface area (Å²) in [5.74, 6) is 0.268. The van der Waals surface area contributed by atoms with E-state index in [4.69, 9.17) is 16.3 Å². The highest BCUT2D eigenvalue weighted by molar-refractivity contribution is 6.30. The highest BCUT2D eigenvalue weighted by Gasteiger charge is 2.24. The quantitative estimate of drug-likeness (QED) is 0.789. The number of carbonyl (C=O) groups excluding carboxylic acids is 2. The average Bonchev–Trinajstić information content (AvgIpc) is 2.68. The first-order valence-electron chi connectivity index (χ1n) is 9.25. The van der Waals surface area contributed by atoms with E-state index in [1.807, 2.05) is 38.1 Å². The molecule has 2 aromatic carbocycles. The number of hydrogen-bond acceptors (Lipinski definition) is 3. The maximum Gasteiger partial charge on any atom is 0.253 e. The summed E-state index contributed by atoms with van der Waals surface area (Å²) >= 11 is 6.04. The van der Waals surface area contributed by atoms with Crippen LogP contribution in [0.4, 0.5) is 5.69 Å². The monoisotopic (exact) mass is 398 g/mol. The molecule has 0 fully saturated rings. The number of nitrogens with one attached hydrogen (secondary N) is 1. The molecule has 0 radical (unpaired) electrons. The Bertz CT molecular complexity index is 924. The molecule has 1 N–H and O–H groups in total. The minimum Gasteiger partial charge on any atom is -0.488 e. The molecule has 1 heterocycles. The Balaban J connectivity index is 1.73. The zero-order chi connectivity index (χ0) is 20.1. The third kappa shape index (κ3) is 4.73. The van der Waals surface area contributed by atoms with E-state index >= 15 is 0 Å². The van der Waals surface area contributed by atoms with Crippen molar-refractivity contribution >= 4 is 35.2 Å². The topological polar surface area (TPSA) is 58.6 Å². The van der Waals surface area contributed by atoms with E-state index in [1.54, 1.807) is 29.2 Å². The fraction of sp³-hybridized carbons (Fsp3) is 0.273. The summed E-state index contributed by atoms with van der Waals surface area (Å²) < 4.78 is 5.68. The molecule has 0 aliphatic carbocycles. The fourth-order valence-electron chi connectivity index (χ4n) is 3.07. The number of nitrogens with zero attached hydrogens (tertiary/aromatic N) is 1. The van der Waals surface area contributed by atoms with Gasteiger partial charge < -0.3 is 15.0 Å². The Labute approximate surface area is 169 Å². The van der Waals surface area contributed by atoms with Crippen LogP contribution in [0, 0.1) is 6.92 Å². The smallest absolute Gasteiger partial charge is 0.253 e. The van der Waals surface area contributed by atoms with Crippen molar-refractivity contribution in [2.45, 2.75) is 20.3 Å². The lowest BCUT2D eigenvalue weighted by molar-refractivity contribution is -0.131. The zero-order valence-electron chi connectivity index (χ0n) is 16.0. The third-order valence-electron chi connectivity index (χ3n) is 4.49. The number of rotatable bonds is 6. The Hall–Kier alpha value is -2.79. The summed E-state index contributed by atoms with van der Waals surface area (Å²) in [6.07, 6.45) is 2.54. The number of para-hydroxylation sites is 1. The predicted octanol–water partition coefficient (Wildman–Crippen LogP) is 4.30. The number of anilines is 1. The molecule has 0 saturated carbocycles. The first kappa shape index (κ1) is 20.0. The van der Waals surface area contributed by atoms with E-state index in [9.17, 15) is 9.59 Å². The van der Waals surface area contributed by atoms with Crippen LogP contribution in [0.15, 0.2) is 48.0 Å². The van der Waals surface area contributed by atoms with Crippen molar-refractivity contribution in [3.63, 3.8) is 0 Å². The molecule has 1 aliphatic heterocycles. The van der Waals surface area contributed by atoms with E-state index in [-0.39, 0.29) is 25.0 Å². The van der Waals surface area contributed by atoms with Crippen LogP contribution in [0.3, 0.4) is 0 Å². The number of halogens is 1. The summed E-state index contributed by atoms with van der Waals surface area (Å²) in [5.41, 5.74) is 3.00. The van der Waals surface area contributed by atoms with Crippen LogP contribution in [0.1, 0.15) is 24.5 Å². The predicted molar refractivity (Wildman–Crippen MR) is 112 cm³/mol. The number of benzene rings is 2. The maximum absolute atomic E-state index is 13.0. The van der Waals surface area contributed by atoms with Crippen LogP contribution in [-0.4, -0.2) is 36.4 Å². The van der Waals surface area contributed by atoms with Gasteiger partial charge in [0.15, 0.2) is 0 Å². The summed E-state index contributed by atoms with van der Waals surface area (Å²) in [4.78, 5) is 27.1. The molecule has 0 bridgehead atoms. The molecule has 0 unspecified atom stereocenters. The molecule has 2 aromatic rings. The van der Waals surface area contributed by atoms with Crippen molar-refractivity contribution in [1.82, 2.24) is 4.90 Å². The van der Waals surface area contributed by atoms with Gasteiger partial charge in [0.1, 0.15) is 18.9 Å². The molecule has 0 atom stereocenters. The number of hydrogen-bond donors (Lipinski definition) is 1. The van der Waals surface area contributed by atoms with Gasteiger partial charge in [-0.25, -0.2) is 0 Å². The van der Waals surface area contributed by atoms with Crippen LogP contribution >= 0.6 is 11.6 Å². The second-order valence-corrected chi connectivity index (χ2v) is 7.17. The van der Waals surface area contributed by atoms with Crippen LogP contribution in [0.25, 0.3) is 6.08 Å². The molecule has 6 heteroatoms. The van der Waals surface area contributed by atoms with Crippen molar-refractivity contribution in [2.75, 3.05) is 25.0 Å². The lowest BCUT2D eigenvalue weighted by Crippen LogP contribution is -2.40. The van der Waals surface area contributed by atoms with Gasteiger partial charge in [-0.1, -0.05) is 36.7 Å². The van der Waals surface area contributed by atoms with Crippen molar-refractivity contribution in [3.05, 3.63) is 64.2 Å². The molecule has 1 aliphatic rings. The molecule has 0 spiro atoms. The fourth-order valence-corrected chi connectivity index (χ4v) is 3.25. The number of carbonyl (C=O) groups is 2. The van der Waals surface area contributed by atoms with E-state index in [0.29, 0.717) is 22.9 Å². The number of ether oxygens (including phenoxy) is 1. The van der Waals surface area contributed by atoms with Crippen LogP contribution in [0.2, 0.25) is 5.02 Å². The van der Waals surface area contributed by atoms with Crippen molar-refractivity contribution < 1.29 is 14.3 Å². The van der Waals surface area contributed by atoms with Crippen LogP contribution in [0.5, 0.6) is 5.75 Å².